The predicted octanol–water partition coefficient (Wildman–Crippen LogP) is 7.90. The Balaban J connectivity index is 0.000000793. The molecule has 0 saturated heterocycles. The molecule has 3 atom stereocenters. The molecule has 0 radical (unpaired) electrons. The van der Waals surface area contributed by atoms with Crippen LogP contribution in [-0.2, 0) is 16.1 Å². The van der Waals surface area contributed by atoms with Crippen molar-refractivity contribution >= 4 is 29.7 Å². The van der Waals surface area contributed by atoms with Gasteiger partial charge in [-0.05, 0) is 75.8 Å². The largest absolute Gasteiger partial charge is 0.494 e. The summed E-state index contributed by atoms with van der Waals surface area (Å²) in [5, 5.41) is 3.22. The third-order valence-corrected chi connectivity index (χ3v) is 6.58. The van der Waals surface area contributed by atoms with Crippen LogP contribution in [0.15, 0.2) is 42.5 Å². The number of hydrogen-bond donors (Lipinski definition) is 1. The topological polar surface area (TPSA) is 84.9 Å². The van der Waals surface area contributed by atoms with Crippen molar-refractivity contribution < 1.29 is 23.9 Å². The zero-order valence-corrected chi connectivity index (χ0v) is 27.2. The molecule has 7 nitrogen and oxygen atoms in total. The summed E-state index contributed by atoms with van der Waals surface area (Å²) < 4.78 is 9.62. The minimum Gasteiger partial charge on any atom is -0.494 e. The van der Waals surface area contributed by atoms with Gasteiger partial charge in [0.05, 0.1) is 17.7 Å². The average molecular weight is 591 g/mol. The van der Waals surface area contributed by atoms with Crippen molar-refractivity contribution in [2.75, 3.05) is 20.8 Å². The molecule has 0 aliphatic carbocycles. The molecule has 2 aromatic rings. The monoisotopic (exact) mass is 590 g/mol. The summed E-state index contributed by atoms with van der Waals surface area (Å²) in [7, 11) is 3.25. The molecule has 0 spiro atoms. The minimum absolute atomic E-state index is 0.0305. The first-order valence-corrected chi connectivity index (χ1v) is 14.7. The zero-order chi connectivity index (χ0) is 31.4. The van der Waals surface area contributed by atoms with E-state index in [4.69, 9.17) is 16.3 Å². The van der Waals surface area contributed by atoms with E-state index in [1.54, 1.807) is 39.3 Å². The van der Waals surface area contributed by atoms with Gasteiger partial charge in [-0.15, -0.1) is 0 Å². The smallest absolute Gasteiger partial charge is 0.318 e. The molecule has 230 valence electrons. The van der Waals surface area contributed by atoms with Gasteiger partial charge in [0.25, 0.3) is 0 Å². The van der Waals surface area contributed by atoms with Gasteiger partial charge < -0.3 is 24.5 Å². The van der Waals surface area contributed by atoms with Crippen molar-refractivity contribution in [2.45, 2.75) is 92.8 Å². The number of Topliss-reactive ketones (excluding diaryl/α,β-unsaturated/α-hetero) is 1. The van der Waals surface area contributed by atoms with Gasteiger partial charge in [-0.2, -0.15) is 0 Å². The number of carbonyl (C=O) groups excluding carboxylic acids is 3. The fourth-order valence-corrected chi connectivity index (χ4v) is 4.43. The molecule has 1 unspecified atom stereocenters. The van der Waals surface area contributed by atoms with Crippen LogP contribution in [0.25, 0.3) is 0 Å². The van der Waals surface area contributed by atoms with Crippen LogP contribution in [0.3, 0.4) is 0 Å². The molecule has 0 aromatic heterocycles. The third-order valence-electron chi connectivity index (χ3n) is 6.27. The molecule has 0 heterocycles. The molecular formula is C33H51ClN2O5. The molecule has 0 bridgehead atoms. The highest BCUT2D eigenvalue weighted by Crippen LogP contribution is 2.23. The van der Waals surface area contributed by atoms with Gasteiger partial charge in [-0.25, -0.2) is 4.79 Å². The number of nitrogens with one attached hydrogen (secondary N) is 1. The lowest BCUT2D eigenvalue weighted by molar-refractivity contribution is -0.109. The van der Waals surface area contributed by atoms with Crippen LogP contribution < -0.4 is 10.1 Å². The Morgan fingerprint density at radius 1 is 1.05 bits per heavy atom. The standard InChI is InChI=1S/C20H32N2O2.C11H13ClO2.C2H6O/c1-6-9-15(2)12-18(5)22(20(24)21-17(4)14-23)13-19-11-8-7-10-16(19)3;1-3-6-14-9-4-5-10(8(2)13)11(12)7-9;1-3-2/h7-8,10-11,14-15,17-18H,6,9,12-13H2,1-5H3,(H,21,24);4-5,7H,3,6H2,1-2H3;1-2H3/t15-,17?,18-;;/m1../s1. The number of aryl methyl sites for hydroxylation is 1. The van der Waals surface area contributed by atoms with Crippen molar-refractivity contribution in [3.8, 4) is 5.75 Å². The zero-order valence-electron chi connectivity index (χ0n) is 26.5. The van der Waals surface area contributed by atoms with Crippen LogP contribution in [0.5, 0.6) is 5.75 Å². The van der Waals surface area contributed by atoms with E-state index in [2.05, 4.69) is 49.9 Å². The van der Waals surface area contributed by atoms with Crippen LogP contribution in [0.2, 0.25) is 5.02 Å². The molecule has 0 aliphatic heterocycles. The number of amides is 2. The lowest BCUT2D eigenvalue weighted by Gasteiger charge is -2.32. The van der Waals surface area contributed by atoms with Gasteiger partial charge >= 0.3 is 6.03 Å². The van der Waals surface area contributed by atoms with Crippen molar-refractivity contribution in [3.05, 3.63) is 64.2 Å². The highest BCUT2D eigenvalue weighted by atomic mass is 35.5. The number of methoxy groups -OCH3 is 1. The maximum atomic E-state index is 12.7. The number of aldehydes is 1. The number of benzene rings is 2. The van der Waals surface area contributed by atoms with Crippen LogP contribution in [-0.4, -0.2) is 55.9 Å². The van der Waals surface area contributed by atoms with E-state index in [9.17, 15) is 14.4 Å². The number of ketones is 1. The Kier molecular flexibility index (Phi) is 20.3. The van der Waals surface area contributed by atoms with E-state index < -0.39 is 6.04 Å². The lowest BCUT2D eigenvalue weighted by Crippen LogP contribution is -2.48. The van der Waals surface area contributed by atoms with Crippen LogP contribution in [0.4, 0.5) is 4.79 Å². The Bertz CT molecular complexity index is 1050. The summed E-state index contributed by atoms with van der Waals surface area (Å²) in [6.45, 7) is 15.0. The van der Waals surface area contributed by atoms with Crippen LogP contribution in [0, 0.1) is 12.8 Å². The number of ether oxygens (including phenoxy) is 2. The number of nitrogens with zero attached hydrogens (tertiary/aromatic N) is 1. The Labute approximate surface area is 252 Å². The second kappa shape index (κ2) is 21.8. The maximum absolute atomic E-state index is 12.7. The van der Waals surface area contributed by atoms with E-state index in [1.807, 2.05) is 24.0 Å². The second-order valence-corrected chi connectivity index (χ2v) is 10.8. The number of hydrogen-bond acceptors (Lipinski definition) is 5. The number of rotatable bonds is 13. The normalized spacial score (nSPS) is 12.3. The minimum atomic E-state index is -0.475. The lowest BCUT2D eigenvalue weighted by atomic mass is 9.97. The molecule has 41 heavy (non-hydrogen) atoms. The average Bonchev–Trinajstić information content (AvgIpc) is 2.91. The number of halogens is 1. The summed E-state index contributed by atoms with van der Waals surface area (Å²) in [5.41, 5.74) is 2.85. The Morgan fingerprint density at radius 3 is 2.20 bits per heavy atom. The van der Waals surface area contributed by atoms with Crippen molar-refractivity contribution in [1.29, 1.82) is 0 Å². The van der Waals surface area contributed by atoms with Crippen molar-refractivity contribution in [3.63, 3.8) is 0 Å². The SMILES string of the molecule is CCCOc1ccc(C(C)=O)c(Cl)c1.CCC[C@@H](C)C[C@@H](C)N(Cc1ccccc1C)C(=O)NC(C)C=O.COC. The molecule has 1 N–H and O–H groups in total. The van der Waals surface area contributed by atoms with Gasteiger partial charge in [0.15, 0.2) is 5.78 Å². The highest BCUT2D eigenvalue weighted by Gasteiger charge is 2.23. The number of urea groups is 1. The van der Waals surface area contributed by atoms with Gasteiger partial charge in [-0.1, -0.05) is 69.5 Å². The van der Waals surface area contributed by atoms with Gasteiger partial charge in [0.2, 0.25) is 0 Å². The molecule has 2 rings (SSSR count). The summed E-state index contributed by atoms with van der Waals surface area (Å²) in [6, 6.07) is 12.7. The summed E-state index contributed by atoms with van der Waals surface area (Å²) in [5.74, 6) is 1.25. The second-order valence-electron chi connectivity index (χ2n) is 10.4. The first kappa shape index (κ1) is 38.1. The van der Waals surface area contributed by atoms with E-state index >= 15 is 0 Å². The van der Waals surface area contributed by atoms with Gasteiger partial charge in [-0.3, -0.25) is 4.79 Å². The molecule has 2 aromatic carbocycles. The van der Waals surface area contributed by atoms with E-state index in [1.165, 1.54) is 12.5 Å². The van der Waals surface area contributed by atoms with Crippen LogP contribution >= 0.6 is 11.6 Å². The molecule has 8 heteroatoms. The fraction of sp³-hybridized carbons (Fsp3) is 0.545. The molecule has 0 fully saturated rings. The summed E-state index contributed by atoms with van der Waals surface area (Å²) in [6.07, 6.45) is 4.98. The molecular weight excluding hydrogens is 540 g/mol. The maximum Gasteiger partial charge on any atom is 0.318 e. The highest BCUT2D eigenvalue weighted by molar-refractivity contribution is 6.34. The van der Waals surface area contributed by atoms with Crippen LogP contribution in [0.1, 0.15) is 88.7 Å². The van der Waals surface area contributed by atoms with Gasteiger partial charge in [0.1, 0.15) is 12.0 Å². The van der Waals surface area contributed by atoms with Gasteiger partial charge in [0, 0.05) is 32.4 Å². The fourth-order valence-electron chi connectivity index (χ4n) is 4.12. The summed E-state index contributed by atoms with van der Waals surface area (Å²) in [4.78, 5) is 36.5. The van der Waals surface area contributed by atoms with Crippen molar-refractivity contribution in [1.82, 2.24) is 10.2 Å². The van der Waals surface area contributed by atoms with E-state index in [0.29, 0.717) is 35.4 Å². The van der Waals surface area contributed by atoms with E-state index in [0.717, 1.165) is 37.5 Å². The quantitative estimate of drug-likeness (QED) is 0.189. The number of carbonyl (C=O) groups is 3. The third kappa shape index (κ3) is 15.6. The first-order valence-electron chi connectivity index (χ1n) is 14.4. The van der Waals surface area contributed by atoms with E-state index in [-0.39, 0.29) is 17.9 Å². The molecule has 0 saturated carbocycles. The Morgan fingerprint density at radius 2 is 1.68 bits per heavy atom. The van der Waals surface area contributed by atoms with Crippen molar-refractivity contribution in [2.24, 2.45) is 5.92 Å². The predicted molar refractivity (Wildman–Crippen MR) is 169 cm³/mol. The summed E-state index contributed by atoms with van der Waals surface area (Å²) >= 11 is 5.90. The molecule has 0 aliphatic rings. The Hall–Kier alpha value is -2.90. The first-order chi connectivity index (χ1) is 19.4. The molecule has 2 amide bonds.